The van der Waals surface area contributed by atoms with Crippen LogP contribution in [0, 0.1) is 0 Å². The van der Waals surface area contributed by atoms with E-state index in [2.05, 4.69) is 6.92 Å². The molecule has 1 rings (SSSR count). The molecule has 0 fully saturated rings. The van der Waals surface area contributed by atoms with Crippen molar-refractivity contribution < 1.29 is 14.6 Å². The van der Waals surface area contributed by atoms with Gasteiger partial charge in [0, 0.05) is 11.8 Å². The van der Waals surface area contributed by atoms with Gasteiger partial charge >= 0.3 is 5.97 Å². The molecule has 0 aliphatic rings. The quantitative estimate of drug-likeness (QED) is 0.574. The van der Waals surface area contributed by atoms with Crippen LogP contribution in [0.2, 0.25) is 0 Å². The SMILES string of the molecule is CCCCCOc1ccc(C(=O)O)c(N)c1. The zero-order valence-electron chi connectivity index (χ0n) is 9.40. The first-order valence-electron chi connectivity index (χ1n) is 5.40. The van der Waals surface area contributed by atoms with Crippen molar-refractivity contribution in [1.82, 2.24) is 0 Å². The summed E-state index contributed by atoms with van der Waals surface area (Å²) < 4.78 is 5.45. The summed E-state index contributed by atoms with van der Waals surface area (Å²) in [6.07, 6.45) is 3.27. The molecule has 3 N–H and O–H groups in total. The minimum absolute atomic E-state index is 0.112. The molecule has 0 radical (unpaired) electrons. The van der Waals surface area contributed by atoms with Crippen molar-refractivity contribution in [2.75, 3.05) is 12.3 Å². The third kappa shape index (κ3) is 3.46. The maximum Gasteiger partial charge on any atom is 0.337 e. The van der Waals surface area contributed by atoms with Crippen molar-refractivity contribution in [2.24, 2.45) is 0 Å². The first-order chi connectivity index (χ1) is 7.65. The lowest BCUT2D eigenvalue weighted by Gasteiger charge is -2.07. The molecule has 0 aliphatic heterocycles. The lowest BCUT2D eigenvalue weighted by atomic mass is 10.2. The van der Waals surface area contributed by atoms with Crippen LogP contribution >= 0.6 is 0 Å². The Hall–Kier alpha value is -1.71. The van der Waals surface area contributed by atoms with E-state index in [-0.39, 0.29) is 11.3 Å². The van der Waals surface area contributed by atoms with Crippen LogP contribution in [0.1, 0.15) is 36.5 Å². The third-order valence-corrected chi connectivity index (χ3v) is 2.27. The predicted octanol–water partition coefficient (Wildman–Crippen LogP) is 2.54. The molecule has 4 nitrogen and oxygen atoms in total. The van der Waals surface area contributed by atoms with E-state index in [1.54, 1.807) is 12.1 Å². The van der Waals surface area contributed by atoms with Gasteiger partial charge in [0.2, 0.25) is 0 Å². The maximum absolute atomic E-state index is 10.7. The fourth-order valence-electron chi connectivity index (χ4n) is 1.37. The molecule has 1 aromatic rings. The second kappa shape index (κ2) is 6.00. The number of aromatic carboxylic acids is 1. The number of anilines is 1. The number of hydrogen-bond acceptors (Lipinski definition) is 3. The fourth-order valence-corrected chi connectivity index (χ4v) is 1.37. The number of carboxylic acids is 1. The summed E-state index contributed by atoms with van der Waals surface area (Å²) in [7, 11) is 0. The summed E-state index contributed by atoms with van der Waals surface area (Å²) in [5.41, 5.74) is 5.94. The highest BCUT2D eigenvalue weighted by molar-refractivity contribution is 5.93. The van der Waals surface area contributed by atoms with Crippen molar-refractivity contribution >= 4 is 11.7 Å². The molecule has 88 valence electrons. The predicted molar refractivity (Wildman–Crippen MR) is 62.8 cm³/mol. The van der Waals surface area contributed by atoms with Gasteiger partial charge in [0.25, 0.3) is 0 Å². The Bertz CT molecular complexity index is 363. The monoisotopic (exact) mass is 223 g/mol. The number of unbranched alkanes of at least 4 members (excludes halogenated alkanes) is 2. The number of ether oxygens (including phenoxy) is 1. The van der Waals surface area contributed by atoms with Crippen molar-refractivity contribution in [3.8, 4) is 5.75 Å². The average Bonchev–Trinajstić information content (AvgIpc) is 2.24. The lowest BCUT2D eigenvalue weighted by Crippen LogP contribution is -2.03. The largest absolute Gasteiger partial charge is 0.494 e. The van der Waals surface area contributed by atoms with E-state index >= 15 is 0 Å². The molecule has 0 aromatic heterocycles. The highest BCUT2D eigenvalue weighted by atomic mass is 16.5. The third-order valence-electron chi connectivity index (χ3n) is 2.27. The Morgan fingerprint density at radius 2 is 2.19 bits per heavy atom. The molecular weight excluding hydrogens is 206 g/mol. The summed E-state index contributed by atoms with van der Waals surface area (Å²) in [6.45, 7) is 2.76. The molecule has 0 atom stereocenters. The highest BCUT2D eigenvalue weighted by Crippen LogP contribution is 2.20. The van der Waals surface area contributed by atoms with Gasteiger partial charge in [0.1, 0.15) is 5.75 Å². The summed E-state index contributed by atoms with van der Waals surface area (Å²) >= 11 is 0. The second-order valence-electron chi connectivity index (χ2n) is 3.61. The molecule has 0 saturated carbocycles. The molecular formula is C12H17NO3. The van der Waals surface area contributed by atoms with Crippen LogP contribution in [0.15, 0.2) is 18.2 Å². The Morgan fingerprint density at radius 1 is 1.44 bits per heavy atom. The van der Waals surface area contributed by atoms with Gasteiger partial charge in [-0.15, -0.1) is 0 Å². The second-order valence-corrected chi connectivity index (χ2v) is 3.61. The Morgan fingerprint density at radius 3 is 2.75 bits per heavy atom. The standard InChI is InChI=1S/C12H17NO3/c1-2-3-4-7-16-9-5-6-10(12(14)15)11(13)8-9/h5-6,8H,2-4,7,13H2,1H3,(H,14,15). The van der Waals surface area contributed by atoms with Crippen LogP contribution in [0.4, 0.5) is 5.69 Å². The maximum atomic E-state index is 10.7. The number of carbonyl (C=O) groups is 1. The fraction of sp³-hybridized carbons (Fsp3) is 0.417. The molecule has 0 saturated heterocycles. The van der Waals surface area contributed by atoms with E-state index in [4.69, 9.17) is 15.6 Å². The zero-order valence-corrected chi connectivity index (χ0v) is 9.40. The van der Waals surface area contributed by atoms with E-state index in [0.29, 0.717) is 12.4 Å². The minimum Gasteiger partial charge on any atom is -0.494 e. The Labute approximate surface area is 95.0 Å². The molecule has 0 heterocycles. The number of nitrogens with two attached hydrogens (primary N) is 1. The van der Waals surface area contributed by atoms with Gasteiger partial charge in [-0.05, 0) is 18.6 Å². The van der Waals surface area contributed by atoms with E-state index in [1.165, 1.54) is 6.07 Å². The van der Waals surface area contributed by atoms with Gasteiger partial charge in [0.05, 0.1) is 12.2 Å². The van der Waals surface area contributed by atoms with Gasteiger partial charge < -0.3 is 15.6 Å². The van der Waals surface area contributed by atoms with Crippen molar-refractivity contribution in [3.63, 3.8) is 0 Å². The van der Waals surface area contributed by atoms with Gasteiger partial charge in [-0.3, -0.25) is 0 Å². The van der Waals surface area contributed by atoms with E-state index in [1.807, 2.05) is 0 Å². The smallest absolute Gasteiger partial charge is 0.337 e. The summed E-state index contributed by atoms with van der Waals surface area (Å²) in [4.78, 5) is 10.7. The molecule has 0 unspecified atom stereocenters. The van der Waals surface area contributed by atoms with Gasteiger partial charge in [0.15, 0.2) is 0 Å². The van der Waals surface area contributed by atoms with E-state index < -0.39 is 5.97 Å². The zero-order chi connectivity index (χ0) is 12.0. The van der Waals surface area contributed by atoms with Gasteiger partial charge in [-0.1, -0.05) is 19.8 Å². The first kappa shape index (κ1) is 12.4. The van der Waals surface area contributed by atoms with Crippen molar-refractivity contribution in [1.29, 1.82) is 0 Å². The minimum atomic E-state index is -1.02. The highest BCUT2D eigenvalue weighted by Gasteiger charge is 2.08. The van der Waals surface area contributed by atoms with Crippen LogP contribution in [0.25, 0.3) is 0 Å². The Balaban J connectivity index is 2.56. The van der Waals surface area contributed by atoms with E-state index in [0.717, 1.165) is 19.3 Å². The van der Waals surface area contributed by atoms with Crippen LogP contribution in [-0.2, 0) is 0 Å². The number of carboxylic acid groups (broad SMARTS) is 1. The number of nitrogen functional groups attached to an aromatic ring is 1. The van der Waals surface area contributed by atoms with Gasteiger partial charge in [-0.2, -0.15) is 0 Å². The first-order valence-corrected chi connectivity index (χ1v) is 5.40. The number of hydrogen-bond donors (Lipinski definition) is 2. The number of rotatable bonds is 6. The Kier molecular flexibility index (Phi) is 4.64. The lowest BCUT2D eigenvalue weighted by molar-refractivity contribution is 0.0698. The van der Waals surface area contributed by atoms with Crippen molar-refractivity contribution in [3.05, 3.63) is 23.8 Å². The molecule has 0 bridgehead atoms. The molecule has 0 aliphatic carbocycles. The topological polar surface area (TPSA) is 72.5 Å². The van der Waals surface area contributed by atoms with Crippen molar-refractivity contribution in [2.45, 2.75) is 26.2 Å². The number of benzene rings is 1. The van der Waals surface area contributed by atoms with Crippen LogP contribution in [0.5, 0.6) is 5.75 Å². The normalized spacial score (nSPS) is 10.1. The van der Waals surface area contributed by atoms with Crippen LogP contribution < -0.4 is 10.5 Å². The molecule has 1 aromatic carbocycles. The summed E-state index contributed by atoms with van der Waals surface area (Å²) in [5.74, 6) is -0.395. The molecule has 16 heavy (non-hydrogen) atoms. The average molecular weight is 223 g/mol. The summed E-state index contributed by atoms with van der Waals surface area (Å²) in [5, 5.41) is 8.78. The van der Waals surface area contributed by atoms with E-state index in [9.17, 15) is 4.79 Å². The van der Waals surface area contributed by atoms with Crippen LogP contribution in [0.3, 0.4) is 0 Å². The molecule has 0 spiro atoms. The molecule has 4 heteroatoms. The van der Waals surface area contributed by atoms with Crippen LogP contribution in [-0.4, -0.2) is 17.7 Å². The summed E-state index contributed by atoms with van der Waals surface area (Å²) in [6, 6.07) is 4.65. The van der Waals surface area contributed by atoms with Gasteiger partial charge in [-0.25, -0.2) is 4.79 Å². The molecule has 0 amide bonds.